The molecule has 0 aliphatic carbocycles. The minimum Gasteiger partial charge on any atom is -0.352 e. The lowest BCUT2D eigenvalue weighted by Gasteiger charge is -2.14. The predicted molar refractivity (Wildman–Crippen MR) is 85.1 cm³/mol. The van der Waals surface area contributed by atoms with Gasteiger partial charge in [-0.1, -0.05) is 6.08 Å². The zero-order valence-electron chi connectivity index (χ0n) is 12.9. The molecule has 0 unspecified atom stereocenters. The Kier molecular flexibility index (Phi) is 4.75. The molecule has 0 aliphatic rings. The topological polar surface area (TPSA) is 61.0 Å². The van der Waals surface area contributed by atoms with Gasteiger partial charge in [-0.05, 0) is 44.2 Å². The molecule has 2 aromatic rings. The molecule has 0 saturated heterocycles. The van der Waals surface area contributed by atoms with Gasteiger partial charge in [0.1, 0.15) is 5.82 Å². The maximum Gasteiger partial charge on any atom is 0.234 e. The van der Waals surface area contributed by atoms with Gasteiger partial charge in [0.05, 0.1) is 24.1 Å². The van der Waals surface area contributed by atoms with Crippen molar-refractivity contribution in [1.82, 2.24) is 20.2 Å². The number of fused-ring (bicyclic) bond motifs is 1. The van der Waals surface area contributed by atoms with Gasteiger partial charge in [-0.25, -0.2) is 4.98 Å². The number of nitrogens with zero attached hydrogens (tertiary/aromatic N) is 2. The molecule has 1 aromatic heterocycles. The van der Waals surface area contributed by atoms with E-state index in [0.29, 0.717) is 19.6 Å². The summed E-state index contributed by atoms with van der Waals surface area (Å²) >= 11 is 0. The summed E-state index contributed by atoms with van der Waals surface area (Å²) < 4.78 is 0. The van der Waals surface area contributed by atoms with Crippen molar-refractivity contribution in [3.8, 4) is 0 Å². The van der Waals surface area contributed by atoms with E-state index < -0.39 is 0 Å². The number of rotatable bonds is 6. The zero-order valence-corrected chi connectivity index (χ0v) is 12.9. The van der Waals surface area contributed by atoms with Crippen molar-refractivity contribution in [3.63, 3.8) is 0 Å². The molecule has 2 N–H and O–H groups in total. The molecule has 5 heteroatoms. The van der Waals surface area contributed by atoms with Gasteiger partial charge in [-0.15, -0.1) is 6.58 Å². The fourth-order valence-electron chi connectivity index (χ4n) is 2.20. The lowest BCUT2D eigenvalue weighted by atomic mass is 10.1. The van der Waals surface area contributed by atoms with Crippen molar-refractivity contribution in [2.45, 2.75) is 20.4 Å². The van der Waals surface area contributed by atoms with Crippen LogP contribution in [0.5, 0.6) is 0 Å². The molecule has 0 atom stereocenters. The second-order valence-corrected chi connectivity index (χ2v) is 5.40. The monoisotopic (exact) mass is 286 g/mol. The van der Waals surface area contributed by atoms with Crippen LogP contribution in [0.4, 0.5) is 0 Å². The Morgan fingerprint density at radius 1 is 1.43 bits per heavy atom. The van der Waals surface area contributed by atoms with Gasteiger partial charge in [-0.2, -0.15) is 0 Å². The van der Waals surface area contributed by atoms with Gasteiger partial charge in [0.15, 0.2) is 0 Å². The van der Waals surface area contributed by atoms with Crippen molar-refractivity contribution >= 4 is 16.9 Å². The van der Waals surface area contributed by atoms with Crippen LogP contribution in [-0.2, 0) is 11.3 Å². The second kappa shape index (κ2) is 6.54. The standard InChI is InChI=1S/C16H22N4O/c1-5-6-17-16(21)10-20(4)9-15-18-13-7-11(2)12(3)8-14(13)19-15/h5,7-8H,1,6,9-10H2,2-4H3,(H,17,21)(H,18,19). The van der Waals surface area contributed by atoms with Crippen molar-refractivity contribution in [3.05, 3.63) is 41.7 Å². The molecule has 0 saturated carbocycles. The summed E-state index contributed by atoms with van der Waals surface area (Å²) in [4.78, 5) is 21.4. The summed E-state index contributed by atoms with van der Waals surface area (Å²) in [6.45, 7) is 9.18. The smallest absolute Gasteiger partial charge is 0.234 e. The number of imidazole rings is 1. The Morgan fingerprint density at radius 3 is 2.86 bits per heavy atom. The SMILES string of the molecule is C=CCNC(=O)CN(C)Cc1nc2cc(C)c(C)cc2[nH]1. The molecule has 112 valence electrons. The lowest BCUT2D eigenvalue weighted by molar-refractivity contribution is -0.121. The molecule has 21 heavy (non-hydrogen) atoms. The van der Waals surface area contributed by atoms with E-state index in [1.54, 1.807) is 6.08 Å². The number of hydrogen-bond donors (Lipinski definition) is 2. The van der Waals surface area contributed by atoms with Crippen molar-refractivity contribution in [2.75, 3.05) is 20.1 Å². The van der Waals surface area contributed by atoms with Crippen molar-refractivity contribution in [2.24, 2.45) is 0 Å². The van der Waals surface area contributed by atoms with Crippen LogP contribution >= 0.6 is 0 Å². The number of hydrogen-bond acceptors (Lipinski definition) is 3. The van der Waals surface area contributed by atoms with Gasteiger partial charge in [0.25, 0.3) is 0 Å². The van der Waals surface area contributed by atoms with E-state index in [1.807, 2.05) is 11.9 Å². The highest BCUT2D eigenvalue weighted by Gasteiger charge is 2.10. The Morgan fingerprint density at radius 2 is 2.14 bits per heavy atom. The number of amides is 1. The minimum absolute atomic E-state index is 0.0137. The summed E-state index contributed by atoms with van der Waals surface area (Å²) in [5, 5.41) is 2.76. The van der Waals surface area contributed by atoms with Crippen LogP contribution < -0.4 is 5.32 Å². The second-order valence-electron chi connectivity index (χ2n) is 5.40. The number of H-pyrrole nitrogens is 1. The molecule has 2 rings (SSSR count). The Balaban J connectivity index is 2.02. The number of nitrogens with one attached hydrogen (secondary N) is 2. The van der Waals surface area contributed by atoms with Crippen LogP contribution in [0.1, 0.15) is 17.0 Å². The lowest BCUT2D eigenvalue weighted by Crippen LogP contribution is -2.35. The Labute approximate surface area is 125 Å². The molecule has 1 amide bonds. The molecular weight excluding hydrogens is 264 g/mol. The molecule has 1 aromatic carbocycles. The number of aromatic amines is 1. The van der Waals surface area contributed by atoms with E-state index in [0.717, 1.165) is 16.9 Å². The first-order valence-electron chi connectivity index (χ1n) is 7.01. The van der Waals surface area contributed by atoms with Crippen molar-refractivity contribution < 1.29 is 4.79 Å². The summed E-state index contributed by atoms with van der Waals surface area (Å²) in [6.07, 6.45) is 1.67. The van der Waals surface area contributed by atoms with Crippen molar-refractivity contribution in [1.29, 1.82) is 0 Å². The van der Waals surface area contributed by atoms with E-state index in [-0.39, 0.29) is 5.91 Å². The third kappa shape index (κ3) is 3.92. The molecule has 0 bridgehead atoms. The zero-order chi connectivity index (χ0) is 15.4. The van der Waals surface area contributed by atoms with Crippen LogP contribution in [0.2, 0.25) is 0 Å². The van der Waals surface area contributed by atoms with E-state index in [2.05, 4.69) is 47.8 Å². The van der Waals surface area contributed by atoms with Gasteiger partial charge in [0, 0.05) is 6.54 Å². The van der Waals surface area contributed by atoms with E-state index in [1.165, 1.54) is 11.1 Å². The first kappa shape index (κ1) is 15.3. The molecule has 0 spiro atoms. The molecule has 1 heterocycles. The van der Waals surface area contributed by atoms with Crippen LogP contribution in [0.3, 0.4) is 0 Å². The largest absolute Gasteiger partial charge is 0.352 e. The average Bonchev–Trinajstić information content (AvgIpc) is 2.77. The van der Waals surface area contributed by atoms with Gasteiger partial charge in [-0.3, -0.25) is 9.69 Å². The molecular formula is C16H22N4O. The number of aryl methyl sites for hydroxylation is 2. The van der Waals surface area contributed by atoms with Crippen LogP contribution in [0.25, 0.3) is 11.0 Å². The fraction of sp³-hybridized carbons (Fsp3) is 0.375. The van der Waals surface area contributed by atoms with E-state index in [4.69, 9.17) is 0 Å². The number of carbonyl (C=O) groups is 1. The quantitative estimate of drug-likeness (QED) is 0.798. The molecule has 0 fully saturated rings. The third-order valence-electron chi connectivity index (χ3n) is 3.42. The highest BCUT2D eigenvalue weighted by molar-refractivity contribution is 5.78. The predicted octanol–water partition coefficient (Wildman–Crippen LogP) is 1.91. The highest BCUT2D eigenvalue weighted by atomic mass is 16.2. The maximum absolute atomic E-state index is 11.6. The Bertz CT molecular complexity index is 621. The van der Waals surface area contributed by atoms with E-state index in [9.17, 15) is 4.79 Å². The van der Waals surface area contributed by atoms with E-state index >= 15 is 0 Å². The molecule has 5 nitrogen and oxygen atoms in total. The average molecular weight is 286 g/mol. The number of benzene rings is 1. The Hall–Kier alpha value is -2.14. The third-order valence-corrected chi connectivity index (χ3v) is 3.42. The summed E-state index contributed by atoms with van der Waals surface area (Å²) in [5.41, 5.74) is 4.49. The first-order valence-corrected chi connectivity index (χ1v) is 7.01. The maximum atomic E-state index is 11.6. The molecule has 0 radical (unpaired) electrons. The van der Waals surface area contributed by atoms with Gasteiger partial charge in [0.2, 0.25) is 5.91 Å². The summed E-state index contributed by atoms with van der Waals surface area (Å²) in [6, 6.07) is 4.19. The molecule has 0 aliphatic heterocycles. The minimum atomic E-state index is -0.0137. The summed E-state index contributed by atoms with van der Waals surface area (Å²) in [5.74, 6) is 0.856. The van der Waals surface area contributed by atoms with Crippen LogP contribution in [0.15, 0.2) is 24.8 Å². The van der Waals surface area contributed by atoms with Crippen LogP contribution in [-0.4, -0.2) is 40.9 Å². The number of carbonyl (C=O) groups excluding carboxylic acids is 1. The van der Waals surface area contributed by atoms with Gasteiger partial charge < -0.3 is 10.3 Å². The number of likely N-dealkylation sites (N-methyl/N-ethyl adjacent to an activating group) is 1. The highest BCUT2D eigenvalue weighted by Crippen LogP contribution is 2.17. The fourth-order valence-corrected chi connectivity index (χ4v) is 2.20. The summed E-state index contributed by atoms with van der Waals surface area (Å²) in [7, 11) is 1.90. The van der Waals surface area contributed by atoms with Gasteiger partial charge >= 0.3 is 0 Å². The van der Waals surface area contributed by atoms with Crippen LogP contribution in [0, 0.1) is 13.8 Å². The number of aromatic nitrogens is 2. The normalized spacial score (nSPS) is 11.0. The first-order chi connectivity index (χ1) is 9.99.